The van der Waals surface area contributed by atoms with Gasteiger partial charge in [-0.2, -0.15) is 4.31 Å². The Balaban J connectivity index is 1.69. The molecule has 0 aromatic heterocycles. The van der Waals surface area contributed by atoms with Gasteiger partial charge in [0, 0.05) is 0 Å². The van der Waals surface area contributed by atoms with E-state index in [2.05, 4.69) is 18.2 Å². The van der Waals surface area contributed by atoms with Gasteiger partial charge in [-0.05, 0) is 90.0 Å². The first-order valence-electron chi connectivity index (χ1n) is 13.6. The summed E-state index contributed by atoms with van der Waals surface area (Å²) in [6.45, 7) is 7.10. The van der Waals surface area contributed by atoms with Crippen LogP contribution in [0.3, 0.4) is 0 Å². The van der Waals surface area contributed by atoms with Gasteiger partial charge < -0.3 is 4.74 Å². The molecule has 6 rings (SSSR count). The highest BCUT2D eigenvalue weighted by Crippen LogP contribution is 2.53. The van der Waals surface area contributed by atoms with Gasteiger partial charge in [0.15, 0.2) is 0 Å². The number of carbonyl (C=O) groups excluding carboxylic acids is 1. The van der Waals surface area contributed by atoms with Crippen molar-refractivity contribution in [3.8, 4) is 22.3 Å². The van der Waals surface area contributed by atoms with E-state index in [0.717, 1.165) is 54.0 Å². The van der Waals surface area contributed by atoms with E-state index >= 15 is 0 Å². The Morgan fingerprint density at radius 3 is 2.10 bits per heavy atom. The predicted molar refractivity (Wildman–Crippen MR) is 163 cm³/mol. The second-order valence-corrected chi connectivity index (χ2v) is 13.2. The van der Waals surface area contributed by atoms with Crippen molar-refractivity contribution >= 4 is 26.9 Å². The molecule has 0 saturated heterocycles. The first-order chi connectivity index (χ1) is 19.6. The topological polar surface area (TPSA) is 63.7 Å². The van der Waals surface area contributed by atoms with Crippen LogP contribution in [-0.4, -0.2) is 24.4 Å². The summed E-state index contributed by atoms with van der Waals surface area (Å²) in [4.78, 5) is 14.0. The molecule has 41 heavy (non-hydrogen) atoms. The molecule has 1 aliphatic carbocycles. The fourth-order valence-electron chi connectivity index (χ4n) is 5.64. The Bertz CT molecular complexity index is 1890. The van der Waals surface area contributed by atoms with Crippen LogP contribution >= 0.6 is 0 Å². The third-order valence-corrected chi connectivity index (χ3v) is 9.09. The zero-order chi connectivity index (χ0) is 28.9. The van der Waals surface area contributed by atoms with E-state index in [0.29, 0.717) is 0 Å². The molecule has 6 heteroatoms. The van der Waals surface area contributed by atoms with E-state index in [4.69, 9.17) is 4.74 Å². The normalized spacial score (nSPS) is 14.4. The van der Waals surface area contributed by atoms with Gasteiger partial charge in [0.05, 0.1) is 4.90 Å². The maximum absolute atomic E-state index is 14.4. The van der Waals surface area contributed by atoms with Gasteiger partial charge in [0.25, 0.3) is 10.0 Å². The van der Waals surface area contributed by atoms with Crippen molar-refractivity contribution in [3.05, 3.63) is 126 Å². The lowest BCUT2D eigenvalue weighted by molar-refractivity contribution is 0.0358. The van der Waals surface area contributed by atoms with Crippen LogP contribution in [-0.2, 0) is 14.8 Å². The Morgan fingerprint density at radius 1 is 0.756 bits per heavy atom. The molecular weight excluding hydrogens is 530 g/mol. The van der Waals surface area contributed by atoms with Crippen LogP contribution in [0, 0.1) is 6.92 Å². The molecule has 0 N–H and O–H groups in total. The van der Waals surface area contributed by atoms with Crippen LogP contribution < -0.4 is 0 Å². The first-order valence-corrected chi connectivity index (χ1v) is 15.0. The molecule has 0 radical (unpaired) electrons. The van der Waals surface area contributed by atoms with E-state index in [9.17, 15) is 13.2 Å². The molecule has 0 heterocycles. The number of aryl methyl sites for hydroxylation is 1. The van der Waals surface area contributed by atoms with Crippen LogP contribution in [0.15, 0.2) is 114 Å². The smallest absolute Gasteiger partial charge is 0.425 e. The summed E-state index contributed by atoms with van der Waals surface area (Å²) in [5.74, 6) is 0. The second kappa shape index (κ2) is 9.89. The number of carbonyl (C=O) groups is 1. The summed E-state index contributed by atoms with van der Waals surface area (Å²) in [6, 6.07) is 33.6. The highest BCUT2D eigenvalue weighted by molar-refractivity contribution is 7.89. The molecule has 5 aromatic rings. The summed E-state index contributed by atoms with van der Waals surface area (Å²) in [6.07, 6.45) is -0.917. The molecule has 0 bridgehead atoms. The predicted octanol–water partition coefficient (Wildman–Crippen LogP) is 8.51. The van der Waals surface area contributed by atoms with Crippen molar-refractivity contribution in [2.75, 3.05) is 0 Å². The molecule has 206 valence electrons. The number of hydrogen-bond acceptors (Lipinski definition) is 4. The Morgan fingerprint density at radius 2 is 1.39 bits per heavy atom. The maximum Gasteiger partial charge on any atom is 0.425 e. The van der Waals surface area contributed by atoms with Gasteiger partial charge in [-0.3, -0.25) is 0 Å². The highest BCUT2D eigenvalue weighted by Gasteiger charge is 2.45. The summed E-state index contributed by atoms with van der Waals surface area (Å²) in [7, 11) is -4.33. The molecule has 0 saturated carbocycles. The molecule has 1 atom stereocenters. The lowest BCUT2D eigenvalue weighted by Crippen LogP contribution is -2.43. The number of amides is 1. The summed E-state index contributed by atoms with van der Waals surface area (Å²) < 4.78 is 35.6. The Labute approximate surface area is 241 Å². The summed E-state index contributed by atoms with van der Waals surface area (Å²) >= 11 is 0. The lowest BCUT2D eigenvalue weighted by Gasteiger charge is -2.32. The quantitative estimate of drug-likeness (QED) is 0.221. The van der Waals surface area contributed by atoms with Crippen LogP contribution in [0.4, 0.5) is 4.79 Å². The zero-order valence-electron chi connectivity index (χ0n) is 23.5. The molecule has 1 aliphatic rings. The van der Waals surface area contributed by atoms with E-state index in [1.54, 1.807) is 45.0 Å². The minimum Gasteiger partial charge on any atom is -0.443 e. The summed E-state index contributed by atoms with van der Waals surface area (Å²) in [5.41, 5.74) is 5.32. The SMILES string of the molecule is Cc1ccc(S(=O)(=O)N(C(=O)OC(C)(C)C)C2c3ccccc3-c3c2cc2ccccc2c3-c2ccccc2)cc1. The average molecular weight is 562 g/mol. The fraction of sp³-hybridized carbons (Fsp3) is 0.171. The van der Waals surface area contributed by atoms with Crippen molar-refractivity contribution < 1.29 is 17.9 Å². The van der Waals surface area contributed by atoms with Crippen LogP contribution in [0.1, 0.15) is 43.5 Å². The van der Waals surface area contributed by atoms with Crippen molar-refractivity contribution in [1.82, 2.24) is 4.31 Å². The van der Waals surface area contributed by atoms with Crippen molar-refractivity contribution in [2.45, 2.75) is 44.2 Å². The molecule has 0 fully saturated rings. The van der Waals surface area contributed by atoms with Crippen LogP contribution in [0.25, 0.3) is 33.0 Å². The number of sulfonamides is 1. The minimum atomic E-state index is -4.33. The number of hydrogen-bond donors (Lipinski definition) is 0. The van der Waals surface area contributed by atoms with Crippen molar-refractivity contribution in [2.24, 2.45) is 0 Å². The molecule has 5 nitrogen and oxygen atoms in total. The van der Waals surface area contributed by atoms with E-state index in [1.807, 2.05) is 73.7 Å². The third-order valence-electron chi connectivity index (χ3n) is 7.35. The molecule has 1 unspecified atom stereocenters. The highest BCUT2D eigenvalue weighted by atomic mass is 32.2. The van der Waals surface area contributed by atoms with Crippen LogP contribution in [0.5, 0.6) is 0 Å². The van der Waals surface area contributed by atoms with Gasteiger partial charge in [0.1, 0.15) is 11.6 Å². The maximum atomic E-state index is 14.4. The summed E-state index contributed by atoms with van der Waals surface area (Å²) in [5, 5.41) is 2.01. The van der Waals surface area contributed by atoms with Gasteiger partial charge >= 0.3 is 6.09 Å². The second-order valence-electron chi connectivity index (χ2n) is 11.4. The largest absolute Gasteiger partial charge is 0.443 e. The van der Waals surface area contributed by atoms with Crippen LogP contribution in [0.2, 0.25) is 0 Å². The fourth-order valence-corrected chi connectivity index (χ4v) is 7.08. The lowest BCUT2D eigenvalue weighted by atomic mass is 9.89. The standard InChI is InChI=1S/C35H31NO4S/c1-23-18-20-26(21-19-23)41(38,39)36(34(37)40-35(2,3)4)33-29-17-11-10-16-28(29)32-30(33)22-25-14-8-9-15-27(25)31(32)24-12-6-5-7-13-24/h5-22,33H,1-4H3. The van der Waals surface area contributed by atoms with Crippen molar-refractivity contribution in [1.29, 1.82) is 0 Å². The number of benzene rings is 5. The van der Waals surface area contributed by atoms with E-state index in [1.165, 1.54) is 0 Å². The van der Waals surface area contributed by atoms with E-state index < -0.39 is 27.8 Å². The number of fused-ring (bicyclic) bond motifs is 4. The molecular formula is C35H31NO4S. The first kappa shape index (κ1) is 26.8. The Hall–Kier alpha value is -4.42. The van der Waals surface area contributed by atoms with Gasteiger partial charge in [-0.1, -0.05) is 96.6 Å². The van der Waals surface area contributed by atoms with Gasteiger partial charge in [-0.25, -0.2) is 13.2 Å². The third kappa shape index (κ3) is 4.68. The monoisotopic (exact) mass is 561 g/mol. The molecule has 1 amide bonds. The molecule has 0 aliphatic heterocycles. The number of ether oxygens (including phenoxy) is 1. The molecule has 0 spiro atoms. The number of rotatable bonds is 4. The molecule has 5 aromatic carbocycles. The number of nitrogens with zero attached hydrogens (tertiary/aromatic N) is 1. The average Bonchev–Trinajstić information content (AvgIpc) is 3.25. The van der Waals surface area contributed by atoms with Gasteiger partial charge in [0.2, 0.25) is 0 Å². The van der Waals surface area contributed by atoms with E-state index in [-0.39, 0.29) is 4.90 Å². The van der Waals surface area contributed by atoms with Crippen molar-refractivity contribution in [3.63, 3.8) is 0 Å². The zero-order valence-corrected chi connectivity index (χ0v) is 24.3. The minimum absolute atomic E-state index is 0.0314. The van der Waals surface area contributed by atoms with Gasteiger partial charge in [-0.15, -0.1) is 0 Å². The Kier molecular flexibility index (Phi) is 6.46.